The van der Waals surface area contributed by atoms with Crippen molar-refractivity contribution < 1.29 is 28.6 Å². The van der Waals surface area contributed by atoms with Gasteiger partial charge in [-0.15, -0.1) is 0 Å². The Labute approximate surface area is 234 Å². The van der Waals surface area contributed by atoms with Gasteiger partial charge in [0, 0.05) is 30.5 Å². The van der Waals surface area contributed by atoms with Crippen LogP contribution in [0.25, 0.3) is 0 Å². The monoisotopic (exact) mass is 562 g/mol. The number of alkyl halides is 2. The first-order valence-electron chi connectivity index (χ1n) is 14.6. The topological polar surface area (TPSA) is 89.9 Å². The first-order chi connectivity index (χ1) is 18.4. The van der Waals surface area contributed by atoms with Crippen LogP contribution in [0, 0.1) is 34.0 Å². The average molecular weight is 563 g/mol. The van der Waals surface area contributed by atoms with Gasteiger partial charge in [-0.05, 0) is 86.2 Å². The molecule has 5 aliphatic carbocycles. The van der Waals surface area contributed by atoms with Crippen LogP contribution in [-0.2, 0) is 9.59 Å². The van der Waals surface area contributed by atoms with Crippen LogP contribution in [0.15, 0.2) is 23.8 Å². The summed E-state index contributed by atoms with van der Waals surface area (Å²) < 4.78 is 33.2. The summed E-state index contributed by atoms with van der Waals surface area (Å²) in [5, 5.41) is 25.9. The SMILES string of the molecule is C[C@]12C=CC(=O)C=C1[C@@H](F)C[C@H]1[C@@H]3C[C@H]4CN(C(=S)NC5CCCCC5)C[C@@]4(C(=O)CO)[C@@]3(C)C[C@H](O)[C@@]12F. The van der Waals surface area contributed by atoms with E-state index in [0.717, 1.165) is 25.7 Å². The van der Waals surface area contributed by atoms with Crippen molar-refractivity contribution in [2.45, 2.75) is 89.2 Å². The molecule has 6 rings (SSSR count). The Hall–Kier alpha value is -1.71. The number of fused-ring (bicyclic) bond motifs is 7. The van der Waals surface area contributed by atoms with Crippen LogP contribution in [0.4, 0.5) is 8.78 Å². The smallest absolute Gasteiger partial charge is 0.178 e. The van der Waals surface area contributed by atoms with Gasteiger partial charge >= 0.3 is 0 Å². The molecule has 0 radical (unpaired) electrons. The molecule has 1 aliphatic heterocycles. The van der Waals surface area contributed by atoms with E-state index in [0.29, 0.717) is 30.7 Å². The van der Waals surface area contributed by atoms with Gasteiger partial charge in [-0.25, -0.2) is 8.78 Å². The fraction of sp³-hybridized carbons (Fsp3) is 0.767. The van der Waals surface area contributed by atoms with Gasteiger partial charge in [-0.1, -0.05) is 32.3 Å². The molecular weight excluding hydrogens is 522 g/mol. The lowest BCUT2D eigenvalue weighted by Crippen LogP contribution is -2.69. The minimum atomic E-state index is -2.18. The van der Waals surface area contributed by atoms with Gasteiger partial charge in [0.1, 0.15) is 12.8 Å². The van der Waals surface area contributed by atoms with Crippen LogP contribution in [-0.4, -0.2) is 75.5 Å². The minimum Gasteiger partial charge on any atom is -0.390 e. The predicted octanol–water partition coefficient (Wildman–Crippen LogP) is 3.60. The van der Waals surface area contributed by atoms with E-state index in [4.69, 9.17) is 12.2 Å². The second kappa shape index (κ2) is 9.15. The number of likely N-dealkylation sites (tertiary alicyclic amines) is 1. The number of aliphatic hydroxyl groups is 2. The van der Waals surface area contributed by atoms with Crippen molar-refractivity contribution in [3.63, 3.8) is 0 Å². The van der Waals surface area contributed by atoms with Crippen molar-refractivity contribution in [2.24, 2.45) is 34.0 Å². The minimum absolute atomic E-state index is 0.0190. The lowest BCUT2D eigenvalue weighted by Gasteiger charge is -2.63. The first kappa shape index (κ1) is 27.5. The van der Waals surface area contributed by atoms with Crippen LogP contribution in [0.5, 0.6) is 0 Å². The van der Waals surface area contributed by atoms with Gasteiger partial charge in [-0.3, -0.25) is 9.59 Å². The van der Waals surface area contributed by atoms with Gasteiger partial charge in [0.15, 0.2) is 22.3 Å². The highest BCUT2D eigenvalue weighted by molar-refractivity contribution is 7.80. The van der Waals surface area contributed by atoms with E-state index < -0.39 is 46.7 Å². The van der Waals surface area contributed by atoms with Crippen LogP contribution in [0.2, 0.25) is 0 Å². The zero-order valence-electron chi connectivity index (χ0n) is 22.8. The number of halogens is 2. The van der Waals surface area contributed by atoms with Crippen molar-refractivity contribution >= 4 is 28.9 Å². The summed E-state index contributed by atoms with van der Waals surface area (Å²) in [5.41, 5.74) is -5.40. The molecule has 0 amide bonds. The number of nitrogens with zero attached hydrogens (tertiary/aromatic N) is 1. The third kappa shape index (κ3) is 3.51. The fourth-order valence-electron chi connectivity index (χ4n) is 10.1. The largest absolute Gasteiger partial charge is 0.390 e. The molecule has 1 saturated heterocycles. The molecule has 0 unspecified atom stereocenters. The molecule has 0 bridgehead atoms. The van der Waals surface area contributed by atoms with E-state index in [2.05, 4.69) is 5.32 Å². The molecule has 39 heavy (non-hydrogen) atoms. The highest BCUT2D eigenvalue weighted by Gasteiger charge is 2.78. The zero-order valence-corrected chi connectivity index (χ0v) is 23.6. The summed E-state index contributed by atoms with van der Waals surface area (Å²) in [5.74, 6) is -2.07. The lowest BCUT2D eigenvalue weighted by atomic mass is 9.43. The molecule has 6 nitrogen and oxygen atoms in total. The number of aliphatic hydroxyl groups excluding tert-OH is 2. The van der Waals surface area contributed by atoms with Crippen molar-refractivity contribution in [1.82, 2.24) is 10.2 Å². The highest BCUT2D eigenvalue weighted by Crippen LogP contribution is 2.74. The molecule has 214 valence electrons. The zero-order chi connectivity index (χ0) is 28.0. The molecular formula is C30H40F2N2O4S. The number of allylic oxidation sites excluding steroid dienone is 4. The molecule has 6 aliphatic rings. The quantitative estimate of drug-likeness (QED) is 0.453. The fourth-order valence-corrected chi connectivity index (χ4v) is 10.4. The summed E-state index contributed by atoms with van der Waals surface area (Å²) in [6.07, 6.45) is 6.98. The lowest BCUT2D eigenvalue weighted by molar-refractivity contribution is -0.211. The molecule has 0 aromatic rings. The molecule has 0 spiro atoms. The van der Waals surface area contributed by atoms with Crippen molar-refractivity contribution in [1.29, 1.82) is 0 Å². The van der Waals surface area contributed by atoms with E-state index in [9.17, 15) is 19.8 Å². The molecule has 9 heteroatoms. The third-order valence-electron chi connectivity index (χ3n) is 12.0. The number of ketones is 2. The second-order valence-electron chi connectivity index (χ2n) is 13.5. The molecule has 3 N–H and O–H groups in total. The Morgan fingerprint density at radius 3 is 2.62 bits per heavy atom. The van der Waals surface area contributed by atoms with Crippen LogP contribution >= 0.6 is 12.2 Å². The van der Waals surface area contributed by atoms with Crippen LogP contribution < -0.4 is 5.32 Å². The normalized spacial score (nSPS) is 47.1. The molecule has 5 fully saturated rings. The van der Waals surface area contributed by atoms with E-state index in [1.54, 1.807) is 6.92 Å². The Morgan fingerprint density at radius 1 is 1.21 bits per heavy atom. The van der Waals surface area contributed by atoms with Gasteiger partial charge in [0.2, 0.25) is 0 Å². The van der Waals surface area contributed by atoms with Crippen molar-refractivity contribution in [3.05, 3.63) is 23.8 Å². The number of carbonyl (C=O) groups excluding carboxylic acids is 2. The van der Waals surface area contributed by atoms with Gasteiger partial charge in [0.05, 0.1) is 11.5 Å². The van der Waals surface area contributed by atoms with Gasteiger partial charge in [-0.2, -0.15) is 0 Å². The maximum absolute atomic E-state index is 17.5. The van der Waals surface area contributed by atoms with Gasteiger partial charge in [0.25, 0.3) is 0 Å². The molecule has 1 heterocycles. The molecule has 0 aromatic carbocycles. The van der Waals surface area contributed by atoms with Crippen LogP contribution in [0.1, 0.15) is 65.2 Å². The molecule has 4 saturated carbocycles. The summed E-state index contributed by atoms with van der Waals surface area (Å²) in [6.45, 7) is 3.70. The van der Waals surface area contributed by atoms with E-state index in [1.807, 2.05) is 11.8 Å². The maximum atomic E-state index is 17.5. The average Bonchev–Trinajstić information content (AvgIpc) is 3.41. The number of nitrogens with one attached hydrogen (secondary N) is 1. The Balaban J connectivity index is 1.35. The third-order valence-corrected chi connectivity index (χ3v) is 12.4. The molecule has 0 aromatic heterocycles. The summed E-state index contributed by atoms with van der Waals surface area (Å²) in [4.78, 5) is 27.8. The standard InChI is InChI=1S/C30H40F2N2O4S/c1-27-9-8-19(36)11-22(27)23(31)12-21-20-10-17-14-34(26(39)33-18-6-4-3-5-7-18)16-29(17,25(38)15-35)28(20,2)13-24(37)30(21,27)32/h8-9,11,17-18,20-21,23-24,35,37H,3-7,10,12-16H2,1-2H3,(H,33,39)/t17-,20-,21-,23-,24-,27-,28-,29+,30-/m0/s1. The summed E-state index contributed by atoms with van der Waals surface area (Å²) in [7, 11) is 0. The number of hydrogen-bond donors (Lipinski definition) is 3. The number of hydrogen-bond acceptors (Lipinski definition) is 5. The Kier molecular flexibility index (Phi) is 6.44. The molecule has 9 atom stereocenters. The number of Topliss-reactive ketones (excluding diaryl/α,β-unsaturated/α-hetero) is 1. The van der Waals surface area contributed by atoms with Gasteiger partial charge < -0.3 is 20.4 Å². The Bertz CT molecular complexity index is 1160. The van der Waals surface area contributed by atoms with E-state index >= 15 is 8.78 Å². The maximum Gasteiger partial charge on any atom is 0.178 e. The Morgan fingerprint density at radius 2 is 1.92 bits per heavy atom. The number of thiocarbonyl (C=S) groups is 1. The number of carbonyl (C=O) groups is 2. The second-order valence-corrected chi connectivity index (χ2v) is 13.9. The number of rotatable bonds is 3. The van der Waals surface area contributed by atoms with Crippen LogP contribution in [0.3, 0.4) is 0 Å². The highest BCUT2D eigenvalue weighted by atomic mass is 32.1. The summed E-state index contributed by atoms with van der Waals surface area (Å²) in [6, 6.07) is 0.310. The summed E-state index contributed by atoms with van der Waals surface area (Å²) >= 11 is 5.81. The van der Waals surface area contributed by atoms with Crippen molar-refractivity contribution in [2.75, 3.05) is 19.7 Å². The first-order valence-corrected chi connectivity index (χ1v) is 15.0. The predicted molar refractivity (Wildman–Crippen MR) is 146 cm³/mol. The van der Waals surface area contributed by atoms with Crippen molar-refractivity contribution in [3.8, 4) is 0 Å². The van der Waals surface area contributed by atoms with E-state index in [1.165, 1.54) is 24.6 Å². The van der Waals surface area contributed by atoms with E-state index in [-0.39, 0.29) is 41.8 Å².